The van der Waals surface area contributed by atoms with E-state index in [-0.39, 0.29) is 35.2 Å². The molecule has 1 aliphatic carbocycles. The van der Waals surface area contributed by atoms with Crippen LogP contribution in [0.2, 0.25) is 10.0 Å². The molecule has 0 bridgehead atoms. The number of amides is 2. The Morgan fingerprint density at radius 2 is 1.49 bits per heavy atom. The van der Waals surface area contributed by atoms with Crippen molar-refractivity contribution in [3.8, 4) is 5.75 Å². The molecule has 248 valence electrons. The average molecular weight is 678 g/mol. The molecule has 0 spiro atoms. The molecule has 8 nitrogen and oxygen atoms in total. The highest BCUT2D eigenvalue weighted by molar-refractivity contribution is 6.30. The third-order valence-corrected chi connectivity index (χ3v) is 10.6. The number of benzene rings is 2. The fourth-order valence-electron chi connectivity index (χ4n) is 7.27. The van der Waals surface area contributed by atoms with Crippen LogP contribution in [0.5, 0.6) is 5.75 Å². The standard InChI is InChI=1S/C37H42Cl2N4O4/c1-8-46-29-18-30(35(3,4)5)40-19-26(29)32-41-36(6,22-10-14-24(38)15-11-22)37(7,23-12-16-25(39)17-13-23)43(32)34(45)42-20-27-28(21-42)31(27)33(44)47-9-2/h10-19,27-28,31H,8-9,20-21H2,1-7H3/t27-,28+,31?,36-,37+/m0/s1. The van der Waals surface area contributed by atoms with Gasteiger partial charge in [0.2, 0.25) is 0 Å². The second-order valence-electron chi connectivity index (χ2n) is 14.0. The largest absolute Gasteiger partial charge is 0.493 e. The number of piperidine rings is 1. The number of esters is 1. The second kappa shape index (κ2) is 12.1. The Morgan fingerprint density at radius 3 is 2.02 bits per heavy atom. The normalized spacial score (nSPS) is 26.6. The Labute approximate surface area is 287 Å². The van der Waals surface area contributed by atoms with Gasteiger partial charge in [0.05, 0.1) is 24.7 Å². The smallest absolute Gasteiger partial charge is 0.326 e. The number of amidine groups is 1. The number of carbonyl (C=O) groups excluding carboxylic acids is 2. The van der Waals surface area contributed by atoms with E-state index in [0.717, 1.165) is 16.8 Å². The molecule has 2 aromatic carbocycles. The molecular weight excluding hydrogens is 635 g/mol. The molecule has 1 saturated carbocycles. The molecule has 0 radical (unpaired) electrons. The number of likely N-dealkylation sites (tertiary alicyclic amines) is 1. The number of aliphatic imine (C=N–C) groups is 1. The number of pyridine rings is 1. The van der Waals surface area contributed by atoms with Gasteiger partial charge in [-0.1, -0.05) is 68.2 Å². The molecule has 3 aliphatic rings. The van der Waals surface area contributed by atoms with Crippen molar-refractivity contribution >= 4 is 41.0 Å². The van der Waals surface area contributed by atoms with Crippen LogP contribution in [0.15, 0.2) is 65.8 Å². The minimum Gasteiger partial charge on any atom is -0.493 e. The van der Waals surface area contributed by atoms with E-state index in [1.165, 1.54) is 0 Å². The molecule has 47 heavy (non-hydrogen) atoms. The predicted molar refractivity (Wildman–Crippen MR) is 184 cm³/mol. The summed E-state index contributed by atoms with van der Waals surface area (Å²) in [7, 11) is 0. The molecule has 3 aromatic rings. The molecule has 2 aliphatic heterocycles. The van der Waals surface area contributed by atoms with Crippen LogP contribution < -0.4 is 4.74 Å². The topological polar surface area (TPSA) is 84.3 Å². The fourth-order valence-corrected chi connectivity index (χ4v) is 7.52. The van der Waals surface area contributed by atoms with Crippen molar-refractivity contribution in [1.82, 2.24) is 14.8 Å². The highest BCUT2D eigenvalue weighted by Crippen LogP contribution is 2.56. The van der Waals surface area contributed by atoms with Crippen LogP contribution in [0.3, 0.4) is 0 Å². The molecule has 1 aromatic heterocycles. The van der Waals surface area contributed by atoms with Gasteiger partial charge in [0.1, 0.15) is 22.7 Å². The zero-order chi connectivity index (χ0) is 33.9. The summed E-state index contributed by atoms with van der Waals surface area (Å²) in [4.78, 5) is 41.6. The molecule has 10 heteroatoms. The first kappa shape index (κ1) is 33.3. The highest BCUT2D eigenvalue weighted by Gasteiger charge is 2.64. The third-order valence-electron chi connectivity index (χ3n) is 10.1. The summed E-state index contributed by atoms with van der Waals surface area (Å²) in [5, 5.41) is 1.20. The quantitative estimate of drug-likeness (QED) is 0.238. The van der Waals surface area contributed by atoms with Gasteiger partial charge in [0, 0.05) is 46.5 Å². The third kappa shape index (κ3) is 5.57. The number of rotatable bonds is 7. The van der Waals surface area contributed by atoms with Gasteiger partial charge in [-0.2, -0.15) is 0 Å². The summed E-state index contributed by atoms with van der Waals surface area (Å²) in [6.45, 7) is 15.9. The minimum absolute atomic E-state index is 0.0807. The Hall–Kier alpha value is -3.62. The van der Waals surface area contributed by atoms with E-state index >= 15 is 4.79 Å². The summed E-state index contributed by atoms with van der Waals surface area (Å²) in [6, 6.07) is 17.0. The van der Waals surface area contributed by atoms with Crippen molar-refractivity contribution in [2.24, 2.45) is 22.7 Å². The van der Waals surface area contributed by atoms with Gasteiger partial charge in [0.25, 0.3) is 0 Å². The number of nitrogens with zero attached hydrogens (tertiary/aromatic N) is 4. The van der Waals surface area contributed by atoms with E-state index in [4.69, 9.17) is 42.7 Å². The van der Waals surface area contributed by atoms with Gasteiger partial charge in [-0.3, -0.25) is 19.7 Å². The maximum atomic E-state index is 15.1. The number of ether oxygens (including phenoxy) is 2. The second-order valence-corrected chi connectivity index (χ2v) is 14.8. The van der Waals surface area contributed by atoms with Crippen LogP contribution in [-0.4, -0.2) is 58.9 Å². The summed E-state index contributed by atoms with van der Waals surface area (Å²) >= 11 is 12.7. The monoisotopic (exact) mass is 676 g/mol. The van der Waals surface area contributed by atoms with E-state index in [0.29, 0.717) is 53.5 Å². The van der Waals surface area contributed by atoms with E-state index in [9.17, 15) is 4.79 Å². The summed E-state index contributed by atoms with van der Waals surface area (Å²) in [5.74, 6) is 0.893. The molecule has 3 heterocycles. The van der Waals surface area contributed by atoms with Crippen molar-refractivity contribution in [1.29, 1.82) is 0 Å². The van der Waals surface area contributed by atoms with Crippen LogP contribution >= 0.6 is 23.2 Å². The summed E-state index contributed by atoms with van der Waals surface area (Å²) in [5.41, 5.74) is 1.01. The minimum atomic E-state index is -1.03. The fraction of sp³-hybridized carbons (Fsp3) is 0.459. The molecule has 6 rings (SSSR count). The van der Waals surface area contributed by atoms with Gasteiger partial charge in [-0.05, 0) is 74.9 Å². The number of hydrogen-bond donors (Lipinski definition) is 0. The van der Waals surface area contributed by atoms with Gasteiger partial charge in [-0.15, -0.1) is 0 Å². The number of hydrogen-bond acceptors (Lipinski definition) is 6. The number of carbonyl (C=O) groups is 2. The van der Waals surface area contributed by atoms with Crippen LogP contribution in [0.4, 0.5) is 4.79 Å². The highest BCUT2D eigenvalue weighted by atomic mass is 35.5. The molecule has 1 saturated heterocycles. The maximum absolute atomic E-state index is 15.1. The Bertz CT molecular complexity index is 1710. The molecule has 1 unspecified atom stereocenters. The maximum Gasteiger partial charge on any atom is 0.326 e. The van der Waals surface area contributed by atoms with Crippen molar-refractivity contribution in [3.63, 3.8) is 0 Å². The van der Waals surface area contributed by atoms with Crippen LogP contribution in [0, 0.1) is 17.8 Å². The molecule has 2 amide bonds. The zero-order valence-corrected chi connectivity index (χ0v) is 29.5. The van der Waals surface area contributed by atoms with Crippen molar-refractivity contribution in [3.05, 3.63) is 93.2 Å². The van der Waals surface area contributed by atoms with Gasteiger partial charge >= 0.3 is 12.0 Å². The first-order valence-corrected chi connectivity index (χ1v) is 17.0. The Balaban J connectivity index is 1.53. The number of aromatic nitrogens is 1. The van der Waals surface area contributed by atoms with E-state index in [1.54, 1.807) is 6.20 Å². The molecular formula is C37H42Cl2N4O4. The van der Waals surface area contributed by atoms with Crippen LogP contribution in [0.25, 0.3) is 0 Å². The summed E-state index contributed by atoms with van der Waals surface area (Å²) in [6.07, 6.45) is 1.78. The molecule has 5 atom stereocenters. The average Bonchev–Trinajstić information content (AvgIpc) is 3.41. The van der Waals surface area contributed by atoms with E-state index < -0.39 is 11.1 Å². The first-order valence-electron chi connectivity index (χ1n) is 16.3. The predicted octanol–water partition coefficient (Wildman–Crippen LogP) is 7.84. The van der Waals surface area contributed by atoms with Crippen LogP contribution in [0.1, 0.15) is 70.9 Å². The van der Waals surface area contributed by atoms with Gasteiger partial charge < -0.3 is 14.4 Å². The van der Waals surface area contributed by atoms with Crippen molar-refractivity contribution in [2.75, 3.05) is 26.3 Å². The SMILES string of the molecule is CCOC(=O)C1[C@H]2CN(C(=O)N3C(c4cnc(C(C)(C)C)cc4OCC)=N[C@@](C)(c4ccc(Cl)cc4)[C@@]3(C)c3ccc(Cl)cc3)C[C@@H]12. The lowest BCUT2D eigenvalue weighted by atomic mass is 9.71. The lowest BCUT2D eigenvalue weighted by Crippen LogP contribution is -2.58. The number of halogens is 2. The van der Waals surface area contributed by atoms with Crippen molar-refractivity contribution < 1.29 is 19.1 Å². The summed E-state index contributed by atoms with van der Waals surface area (Å²) < 4.78 is 11.6. The molecule has 0 N–H and O–H groups in total. The first-order chi connectivity index (χ1) is 22.2. The van der Waals surface area contributed by atoms with Crippen LogP contribution in [-0.2, 0) is 26.0 Å². The van der Waals surface area contributed by atoms with Gasteiger partial charge in [-0.25, -0.2) is 4.79 Å². The van der Waals surface area contributed by atoms with E-state index in [2.05, 4.69) is 27.7 Å². The number of fused-ring (bicyclic) bond motifs is 1. The van der Waals surface area contributed by atoms with Gasteiger partial charge in [0.15, 0.2) is 0 Å². The van der Waals surface area contributed by atoms with Crippen molar-refractivity contribution in [2.45, 2.75) is 65.0 Å². The Morgan fingerprint density at radius 1 is 0.915 bits per heavy atom. The number of urea groups is 1. The Kier molecular flexibility index (Phi) is 8.58. The zero-order valence-electron chi connectivity index (χ0n) is 28.0. The lowest BCUT2D eigenvalue weighted by molar-refractivity contribution is -0.145. The molecule has 2 fully saturated rings. The van der Waals surface area contributed by atoms with E-state index in [1.807, 2.05) is 85.2 Å². The lowest BCUT2D eigenvalue weighted by Gasteiger charge is -2.46.